The fraction of sp³-hybridized carbons (Fsp3) is 0.500. The van der Waals surface area contributed by atoms with E-state index in [0.717, 1.165) is 19.3 Å². The molecule has 25 heavy (non-hydrogen) atoms. The lowest BCUT2D eigenvalue weighted by molar-refractivity contribution is -0.145. The van der Waals surface area contributed by atoms with E-state index in [1.165, 1.54) is 0 Å². The SMILES string of the molecule is O=C1CCC(NC(=O)C2(Oc3cccc(Cl)c3)CCCCC2)C(=O)N1. The van der Waals surface area contributed by atoms with E-state index < -0.39 is 17.6 Å². The minimum absolute atomic E-state index is 0.221. The van der Waals surface area contributed by atoms with E-state index in [1.807, 2.05) is 0 Å². The van der Waals surface area contributed by atoms with Crippen LogP contribution < -0.4 is 15.4 Å². The minimum atomic E-state index is -1.01. The van der Waals surface area contributed by atoms with Gasteiger partial charge in [-0.05, 0) is 50.3 Å². The summed E-state index contributed by atoms with van der Waals surface area (Å²) >= 11 is 6.01. The van der Waals surface area contributed by atoms with Crippen LogP contribution in [0.25, 0.3) is 0 Å². The van der Waals surface area contributed by atoms with Crippen LogP contribution in [0.15, 0.2) is 24.3 Å². The maximum atomic E-state index is 13.0. The number of carbonyl (C=O) groups is 3. The predicted molar refractivity (Wildman–Crippen MR) is 92.2 cm³/mol. The second-order valence-corrected chi connectivity index (χ2v) is 7.03. The fourth-order valence-corrected chi connectivity index (χ4v) is 3.56. The van der Waals surface area contributed by atoms with Crippen LogP contribution in [0.1, 0.15) is 44.9 Å². The van der Waals surface area contributed by atoms with Gasteiger partial charge >= 0.3 is 0 Å². The number of amides is 3. The van der Waals surface area contributed by atoms with Crippen LogP contribution in [0, 0.1) is 0 Å². The fourth-order valence-electron chi connectivity index (χ4n) is 3.38. The summed E-state index contributed by atoms with van der Waals surface area (Å²) < 4.78 is 6.09. The Morgan fingerprint density at radius 1 is 1.24 bits per heavy atom. The van der Waals surface area contributed by atoms with Crippen LogP contribution in [0.3, 0.4) is 0 Å². The Morgan fingerprint density at radius 3 is 2.68 bits per heavy atom. The highest BCUT2D eigenvalue weighted by Gasteiger charge is 2.44. The summed E-state index contributed by atoms with van der Waals surface area (Å²) in [6.07, 6.45) is 4.50. The molecule has 2 aliphatic rings. The maximum Gasteiger partial charge on any atom is 0.264 e. The van der Waals surface area contributed by atoms with Gasteiger partial charge in [-0.1, -0.05) is 24.1 Å². The van der Waals surface area contributed by atoms with Gasteiger partial charge in [-0.2, -0.15) is 0 Å². The number of imide groups is 1. The number of rotatable bonds is 4. The third-order valence-corrected chi connectivity index (χ3v) is 4.96. The highest BCUT2D eigenvalue weighted by atomic mass is 35.5. The van der Waals surface area contributed by atoms with Gasteiger partial charge in [0.2, 0.25) is 11.8 Å². The van der Waals surface area contributed by atoms with Gasteiger partial charge in [-0.25, -0.2) is 0 Å². The van der Waals surface area contributed by atoms with Crippen molar-refractivity contribution in [2.24, 2.45) is 0 Å². The highest BCUT2D eigenvalue weighted by Crippen LogP contribution is 2.34. The van der Waals surface area contributed by atoms with E-state index in [4.69, 9.17) is 16.3 Å². The first-order valence-electron chi connectivity index (χ1n) is 8.58. The lowest BCUT2D eigenvalue weighted by Crippen LogP contribution is -2.59. The van der Waals surface area contributed by atoms with Crippen LogP contribution >= 0.6 is 11.6 Å². The molecule has 1 aliphatic heterocycles. The quantitative estimate of drug-likeness (QED) is 0.803. The van der Waals surface area contributed by atoms with Crippen molar-refractivity contribution in [3.05, 3.63) is 29.3 Å². The molecule has 2 N–H and O–H groups in total. The van der Waals surface area contributed by atoms with E-state index >= 15 is 0 Å². The van der Waals surface area contributed by atoms with Gasteiger partial charge in [0.1, 0.15) is 11.8 Å². The minimum Gasteiger partial charge on any atom is -0.477 e. The van der Waals surface area contributed by atoms with Gasteiger partial charge < -0.3 is 10.1 Å². The van der Waals surface area contributed by atoms with Gasteiger partial charge in [0.25, 0.3) is 5.91 Å². The second kappa shape index (κ2) is 7.44. The number of nitrogens with one attached hydrogen (secondary N) is 2. The molecule has 1 unspecified atom stereocenters. The number of hydrogen-bond acceptors (Lipinski definition) is 4. The average Bonchev–Trinajstić information content (AvgIpc) is 2.58. The highest BCUT2D eigenvalue weighted by molar-refractivity contribution is 6.30. The molecule has 1 saturated heterocycles. The molecule has 1 aromatic carbocycles. The number of hydrogen-bond donors (Lipinski definition) is 2. The van der Waals surface area contributed by atoms with Gasteiger partial charge in [-0.3, -0.25) is 19.7 Å². The number of carbonyl (C=O) groups excluding carboxylic acids is 3. The van der Waals surface area contributed by atoms with Gasteiger partial charge in [0, 0.05) is 11.4 Å². The van der Waals surface area contributed by atoms with Gasteiger partial charge in [0.15, 0.2) is 5.60 Å². The summed E-state index contributed by atoms with van der Waals surface area (Å²) in [6.45, 7) is 0. The normalized spacial score (nSPS) is 22.8. The predicted octanol–water partition coefficient (Wildman–Crippen LogP) is 2.34. The average molecular weight is 365 g/mol. The Morgan fingerprint density at radius 2 is 2.00 bits per heavy atom. The molecule has 0 spiro atoms. The summed E-state index contributed by atoms with van der Waals surface area (Å²) in [6, 6.07) is 6.25. The lowest BCUT2D eigenvalue weighted by atomic mass is 9.83. The second-order valence-electron chi connectivity index (χ2n) is 6.59. The molecule has 1 aromatic rings. The summed E-state index contributed by atoms with van der Waals surface area (Å²) in [7, 11) is 0. The molecule has 0 radical (unpaired) electrons. The van der Waals surface area contributed by atoms with E-state index in [1.54, 1.807) is 24.3 Å². The van der Waals surface area contributed by atoms with Crippen molar-refractivity contribution in [1.29, 1.82) is 0 Å². The Bertz CT molecular complexity index is 685. The van der Waals surface area contributed by atoms with E-state index in [-0.39, 0.29) is 18.2 Å². The zero-order valence-electron chi connectivity index (χ0n) is 13.8. The molecule has 0 bridgehead atoms. The zero-order valence-corrected chi connectivity index (χ0v) is 14.6. The lowest BCUT2D eigenvalue weighted by Gasteiger charge is -2.37. The molecule has 1 atom stereocenters. The molecule has 0 aromatic heterocycles. The first kappa shape index (κ1) is 17.7. The molecule has 1 heterocycles. The molecule has 1 aliphatic carbocycles. The van der Waals surface area contributed by atoms with Crippen molar-refractivity contribution < 1.29 is 19.1 Å². The van der Waals surface area contributed by atoms with Gasteiger partial charge in [-0.15, -0.1) is 0 Å². The van der Waals surface area contributed by atoms with Gasteiger partial charge in [0.05, 0.1) is 0 Å². The zero-order chi connectivity index (χ0) is 17.9. The summed E-state index contributed by atoms with van der Waals surface area (Å²) in [4.78, 5) is 36.2. The molecule has 3 amide bonds. The van der Waals surface area contributed by atoms with Crippen LogP contribution in [-0.2, 0) is 14.4 Å². The first-order chi connectivity index (χ1) is 12.0. The molecule has 3 rings (SSSR count). The van der Waals surface area contributed by atoms with Crippen LogP contribution in [0.2, 0.25) is 5.02 Å². The third kappa shape index (κ3) is 4.12. The number of ether oxygens (including phenoxy) is 1. The Kier molecular flexibility index (Phi) is 5.27. The largest absolute Gasteiger partial charge is 0.477 e. The Balaban J connectivity index is 1.76. The molecule has 134 valence electrons. The van der Waals surface area contributed by atoms with Crippen molar-refractivity contribution in [3.8, 4) is 5.75 Å². The monoisotopic (exact) mass is 364 g/mol. The van der Waals surface area contributed by atoms with Crippen molar-refractivity contribution >= 4 is 29.3 Å². The topological polar surface area (TPSA) is 84.5 Å². The smallest absolute Gasteiger partial charge is 0.264 e. The van der Waals surface area contributed by atoms with Crippen LogP contribution in [-0.4, -0.2) is 29.4 Å². The summed E-state index contributed by atoms with van der Waals surface area (Å²) in [5, 5.41) is 5.57. The Labute approximate surface area is 151 Å². The van der Waals surface area contributed by atoms with Crippen LogP contribution in [0.4, 0.5) is 0 Å². The Hall–Kier alpha value is -2.08. The first-order valence-corrected chi connectivity index (χ1v) is 8.96. The molecular formula is C18H21ClN2O4. The number of halogens is 1. The molecule has 1 saturated carbocycles. The van der Waals surface area contributed by atoms with E-state index in [2.05, 4.69) is 10.6 Å². The summed E-state index contributed by atoms with van der Waals surface area (Å²) in [5.74, 6) is -0.536. The van der Waals surface area contributed by atoms with Crippen molar-refractivity contribution in [3.63, 3.8) is 0 Å². The van der Waals surface area contributed by atoms with Crippen molar-refractivity contribution in [1.82, 2.24) is 10.6 Å². The molecule has 7 heteroatoms. The van der Waals surface area contributed by atoms with Crippen molar-refractivity contribution in [2.45, 2.75) is 56.6 Å². The van der Waals surface area contributed by atoms with Crippen LogP contribution in [0.5, 0.6) is 5.75 Å². The molecule has 6 nitrogen and oxygen atoms in total. The third-order valence-electron chi connectivity index (χ3n) is 4.73. The van der Waals surface area contributed by atoms with Crippen molar-refractivity contribution in [2.75, 3.05) is 0 Å². The molecular weight excluding hydrogens is 344 g/mol. The standard InChI is InChI=1S/C18H21ClN2O4/c19-12-5-4-6-13(11-12)25-18(9-2-1-3-10-18)17(24)20-14-7-8-15(22)21-16(14)23/h4-6,11,14H,1-3,7-10H2,(H,20,24)(H,21,22,23). The number of benzene rings is 1. The van der Waals surface area contributed by atoms with E-state index in [0.29, 0.717) is 30.0 Å². The molecule has 2 fully saturated rings. The summed E-state index contributed by atoms with van der Waals surface area (Å²) in [5.41, 5.74) is -1.01. The number of piperidine rings is 1. The maximum absolute atomic E-state index is 13.0. The van der Waals surface area contributed by atoms with E-state index in [9.17, 15) is 14.4 Å².